The van der Waals surface area contributed by atoms with Crippen molar-refractivity contribution in [2.24, 2.45) is 0 Å². The Morgan fingerprint density at radius 3 is 1.29 bits per heavy atom. The number of aryl methyl sites for hydroxylation is 2. The van der Waals surface area contributed by atoms with Gasteiger partial charge >= 0.3 is 26.2 Å². The third-order valence-electron chi connectivity index (χ3n) is 5.57. The SMILES string of the molecule is CCCCc1cc2ccccc2[cH-]1.CCCCc1cc2ccccc2[cH-]1.CC[SiH]CC.[F-].[F-].[Zr+4]. The van der Waals surface area contributed by atoms with Crippen LogP contribution in [0.25, 0.3) is 21.5 Å². The van der Waals surface area contributed by atoms with Crippen LogP contribution in [0.4, 0.5) is 0 Å². The summed E-state index contributed by atoms with van der Waals surface area (Å²) < 4.78 is 0. The van der Waals surface area contributed by atoms with Gasteiger partial charge in [0.05, 0.1) is 0 Å². The summed E-state index contributed by atoms with van der Waals surface area (Å²) in [6, 6.07) is 29.2. The topological polar surface area (TPSA) is 0 Å². The Kier molecular flexibility index (Phi) is 21.4. The molecule has 0 fully saturated rings. The summed E-state index contributed by atoms with van der Waals surface area (Å²) in [5.41, 5.74) is 2.98. The summed E-state index contributed by atoms with van der Waals surface area (Å²) in [6.07, 6.45) is 7.62. The van der Waals surface area contributed by atoms with E-state index in [-0.39, 0.29) is 35.6 Å². The molecule has 34 heavy (non-hydrogen) atoms. The van der Waals surface area contributed by atoms with Gasteiger partial charge in [-0.3, -0.25) is 0 Å². The zero-order valence-corrected chi connectivity index (χ0v) is 25.0. The van der Waals surface area contributed by atoms with Crippen LogP contribution < -0.4 is 9.41 Å². The first-order valence-electron chi connectivity index (χ1n) is 12.3. The van der Waals surface area contributed by atoms with Gasteiger partial charge in [-0.15, -0.1) is 81.2 Å². The average molecular weight is 559 g/mol. The van der Waals surface area contributed by atoms with Crippen LogP contribution >= 0.6 is 0 Å². The van der Waals surface area contributed by atoms with Crippen molar-refractivity contribution in [3.05, 3.63) is 83.9 Å². The molecule has 0 unspecified atom stereocenters. The molecule has 0 nitrogen and oxygen atoms in total. The molecule has 0 bridgehead atoms. The van der Waals surface area contributed by atoms with E-state index in [1.807, 2.05) is 0 Å². The fraction of sp³-hybridized carbons (Fsp3) is 0.400. The van der Waals surface area contributed by atoms with Gasteiger partial charge in [0.15, 0.2) is 0 Å². The van der Waals surface area contributed by atoms with Crippen LogP contribution in [0.2, 0.25) is 12.1 Å². The van der Waals surface area contributed by atoms with E-state index in [0.717, 1.165) is 9.52 Å². The van der Waals surface area contributed by atoms with Gasteiger partial charge in [0, 0.05) is 9.52 Å². The van der Waals surface area contributed by atoms with Crippen molar-refractivity contribution < 1.29 is 35.6 Å². The van der Waals surface area contributed by atoms with Gasteiger partial charge in [-0.05, 0) is 12.8 Å². The van der Waals surface area contributed by atoms with E-state index in [1.165, 1.54) is 83.3 Å². The molecule has 4 heteroatoms. The zero-order chi connectivity index (χ0) is 22.3. The fourth-order valence-electron chi connectivity index (χ4n) is 3.77. The molecule has 0 aliphatic carbocycles. The first-order valence-corrected chi connectivity index (χ1v) is 13.9. The second-order valence-electron chi connectivity index (χ2n) is 8.30. The quantitative estimate of drug-likeness (QED) is 0.230. The Morgan fingerprint density at radius 1 is 0.618 bits per heavy atom. The maximum Gasteiger partial charge on any atom is 4.00 e. The minimum atomic E-state index is 0. The van der Waals surface area contributed by atoms with E-state index < -0.39 is 0 Å². The summed E-state index contributed by atoms with van der Waals surface area (Å²) in [5.74, 6) is 0. The maximum absolute atomic E-state index is 2.31. The van der Waals surface area contributed by atoms with Crippen LogP contribution in [0, 0.1) is 0 Å². The van der Waals surface area contributed by atoms with Crippen LogP contribution in [0.15, 0.2) is 72.8 Å². The van der Waals surface area contributed by atoms with E-state index in [2.05, 4.69) is 100 Å². The van der Waals surface area contributed by atoms with E-state index in [4.69, 9.17) is 0 Å². The molecule has 0 saturated heterocycles. The molecular formula is C30H41F2SiZr. The maximum atomic E-state index is 2.31. The van der Waals surface area contributed by atoms with Crippen molar-refractivity contribution in [1.29, 1.82) is 0 Å². The molecule has 4 aromatic rings. The van der Waals surface area contributed by atoms with Gasteiger partial charge in [0.2, 0.25) is 0 Å². The third-order valence-corrected chi connectivity index (χ3v) is 6.73. The van der Waals surface area contributed by atoms with Gasteiger partial charge < -0.3 is 9.41 Å². The van der Waals surface area contributed by atoms with Crippen molar-refractivity contribution in [3.8, 4) is 0 Å². The predicted octanol–water partition coefficient (Wildman–Crippen LogP) is 3.11. The Hall–Kier alpha value is -1.38. The van der Waals surface area contributed by atoms with Crippen molar-refractivity contribution in [3.63, 3.8) is 0 Å². The average Bonchev–Trinajstić information content (AvgIpc) is 3.41. The molecule has 4 aromatic carbocycles. The summed E-state index contributed by atoms with van der Waals surface area (Å²) in [5, 5.41) is 5.53. The molecule has 1 radical (unpaired) electrons. The summed E-state index contributed by atoms with van der Waals surface area (Å²) in [4.78, 5) is 0. The smallest absolute Gasteiger partial charge is 1.00 e. The number of hydrogen-bond donors (Lipinski definition) is 0. The molecule has 183 valence electrons. The molecule has 0 amide bonds. The molecule has 0 aromatic heterocycles. The van der Waals surface area contributed by atoms with Crippen molar-refractivity contribution >= 4 is 31.1 Å². The summed E-state index contributed by atoms with van der Waals surface area (Å²) >= 11 is 0. The van der Waals surface area contributed by atoms with Gasteiger partial charge in [-0.2, -0.15) is 12.1 Å². The van der Waals surface area contributed by atoms with Gasteiger partial charge in [0.1, 0.15) is 0 Å². The molecule has 0 heterocycles. The molecule has 0 atom stereocenters. The van der Waals surface area contributed by atoms with E-state index in [0.29, 0.717) is 0 Å². The number of benzene rings is 2. The minimum Gasteiger partial charge on any atom is -1.00 e. The van der Waals surface area contributed by atoms with E-state index >= 15 is 0 Å². The normalized spacial score (nSPS) is 9.53. The third kappa shape index (κ3) is 12.4. The van der Waals surface area contributed by atoms with Gasteiger partial charge in [-0.25, -0.2) is 0 Å². The van der Waals surface area contributed by atoms with E-state index in [9.17, 15) is 0 Å². The number of halogens is 2. The van der Waals surface area contributed by atoms with Crippen molar-refractivity contribution in [2.75, 3.05) is 0 Å². The molecule has 0 N–H and O–H groups in total. The van der Waals surface area contributed by atoms with Crippen LogP contribution in [-0.2, 0) is 39.0 Å². The van der Waals surface area contributed by atoms with Crippen LogP contribution in [-0.4, -0.2) is 9.52 Å². The Labute approximate surface area is 228 Å². The standard InChI is InChI=1S/2C13H15.C4H11Si.2FH.Zr/c2*1-2-3-6-11-9-12-7-4-5-8-13(12)10-11;1-3-5-4-2;;;/h2*4-5,7-10H,2-3,6H2,1H3;5H,3-4H2,1-2H3;2*1H;/q2*-1;;;;+4/p-2. The van der Waals surface area contributed by atoms with E-state index in [1.54, 1.807) is 0 Å². The number of hydrogen-bond acceptors (Lipinski definition) is 0. The molecule has 0 aliphatic rings. The summed E-state index contributed by atoms with van der Waals surface area (Å²) in [6.45, 7) is 8.98. The number of fused-ring (bicyclic) bond motifs is 2. The van der Waals surface area contributed by atoms with Gasteiger partial charge in [-0.1, -0.05) is 77.6 Å². The first kappa shape index (κ1) is 34.8. The molecular weight excluding hydrogens is 518 g/mol. The van der Waals surface area contributed by atoms with Crippen molar-refractivity contribution in [2.45, 2.75) is 78.3 Å². The number of unbranched alkanes of at least 4 members (excludes halogenated alkanes) is 2. The monoisotopic (exact) mass is 557 g/mol. The molecule has 0 saturated carbocycles. The fourth-order valence-corrected chi connectivity index (χ4v) is 4.35. The second-order valence-corrected chi connectivity index (χ2v) is 10.5. The van der Waals surface area contributed by atoms with Crippen molar-refractivity contribution in [1.82, 2.24) is 0 Å². The van der Waals surface area contributed by atoms with Crippen LogP contribution in [0.1, 0.15) is 64.5 Å². The second kappa shape index (κ2) is 20.9. The summed E-state index contributed by atoms with van der Waals surface area (Å²) in [7, 11) is 0.815. The molecule has 0 aliphatic heterocycles. The van der Waals surface area contributed by atoms with Gasteiger partial charge in [0.25, 0.3) is 0 Å². The zero-order valence-electron chi connectivity index (χ0n) is 21.4. The first-order chi connectivity index (χ1) is 15.2. The largest absolute Gasteiger partial charge is 4.00 e. The Balaban J connectivity index is 0. The molecule has 4 rings (SSSR count). The van der Waals surface area contributed by atoms with Crippen LogP contribution in [0.3, 0.4) is 0 Å². The Bertz CT molecular complexity index is 843. The molecule has 0 spiro atoms. The number of rotatable bonds is 8. The Morgan fingerprint density at radius 2 is 1.00 bits per heavy atom. The predicted molar refractivity (Wildman–Crippen MR) is 144 cm³/mol. The minimum absolute atomic E-state index is 0. The van der Waals surface area contributed by atoms with Crippen LogP contribution in [0.5, 0.6) is 0 Å².